The lowest BCUT2D eigenvalue weighted by Crippen LogP contribution is -2.35. The smallest absolute Gasteiger partial charge is 0.310 e. The lowest BCUT2D eigenvalue weighted by Gasteiger charge is -2.20. The van der Waals surface area contributed by atoms with Crippen molar-refractivity contribution in [2.45, 2.75) is 19.1 Å². The number of carboxylic acid groups (broad SMARTS) is 1. The predicted molar refractivity (Wildman–Crippen MR) is 81.0 cm³/mol. The van der Waals surface area contributed by atoms with Gasteiger partial charge < -0.3 is 5.11 Å². The van der Waals surface area contributed by atoms with Crippen LogP contribution < -0.4 is 0 Å². The minimum Gasteiger partial charge on any atom is -0.481 e. The Balaban J connectivity index is 2.18. The predicted octanol–water partition coefficient (Wildman–Crippen LogP) is 2.62. The molecule has 0 aromatic heterocycles. The number of halogens is 2. The van der Waals surface area contributed by atoms with Crippen molar-refractivity contribution in [1.82, 2.24) is 4.31 Å². The zero-order valence-electron chi connectivity index (χ0n) is 11.3. The van der Waals surface area contributed by atoms with Gasteiger partial charge in [0.25, 0.3) is 0 Å². The van der Waals surface area contributed by atoms with Crippen molar-refractivity contribution in [3.63, 3.8) is 0 Å². The van der Waals surface area contributed by atoms with Gasteiger partial charge in [-0.05, 0) is 37.1 Å². The van der Waals surface area contributed by atoms with Gasteiger partial charge in [0.1, 0.15) is 0 Å². The Labute approximate surface area is 133 Å². The van der Waals surface area contributed by atoms with Gasteiger partial charge in [-0.1, -0.05) is 23.2 Å². The molecule has 1 N–H and O–H groups in total. The third kappa shape index (κ3) is 3.69. The van der Waals surface area contributed by atoms with E-state index in [1.165, 1.54) is 22.5 Å². The topological polar surface area (TPSA) is 74.7 Å². The molecule has 1 aliphatic heterocycles. The van der Waals surface area contributed by atoms with E-state index in [4.69, 9.17) is 28.3 Å². The Morgan fingerprint density at radius 1 is 1.33 bits per heavy atom. The van der Waals surface area contributed by atoms with E-state index in [-0.39, 0.29) is 18.8 Å². The van der Waals surface area contributed by atoms with E-state index in [0.717, 1.165) is 0 Å². The molecule has 1 unspecified atom stereocenters. The molecule has 0 radical (unpaired) electrons. The molecule has 1 aliphatic rings. The lowest BCUT2D eigenvalue weighted by atomic mass is 9.90. The summed E-state index contributed by atoms with van der Waals surface area (Å²) in [5.74, 6) is -1.23. The van der Waals surface area contributed by atoms with Crippen molar-refractivity contribution in [2.24, 2.45) is 5.41 Å². The van der Waals surface area contributed by atoms with Gasteiger partial charge in [-0.25, -0.2) is 12.7 Å². The van der Waals surface area contributed by atoms with Crippen molar-refractivity contribution in [3.05, 3.63) is 33.8 Å². The maximum atomic E-state index is 12.4. The summed E-state index contributed by atoms with van der Waals surface area (Å²) in [4.78, 5) is 11.2. The van der Waals surface area contributed by atoms with Crippen molar-refractivity contribution >= 4 is 39.2 Å². The van der Waals surface area contributed by atoms with Crippen LogP contribution in [-0.2, 0) is 20.6 Å². The number of sulfonamides is 1. The molecule has 0 spiro atoms. The molecule has 1 fully saturated rings. The molecule has 0 bridgehead atoms. The minimum atomic E-state index is -3.60. The molecule has 1 aromatic carbocycles. The van der Waals surface area contributed by atoms with E-state index in [2.05, 4.69) is 0 Å². The fraction of sp³-hybridized carbons (Fsp3) is 0.462. The lowest BCUT2D eigenvalue weighted by molar-refractivity contribution is -0.146. The molecule has 0 aliphatic carbocycles. The Morgan fingerprint density at radius 2 is 1.90 bits per heavy atom. The van der Waals surface area contributed by atoms with Crippen LogP contribution in [0.3, 0.4) is 0 Å². The highest BCUT2D eigenvalue weighted by Crippen LogP contribution is 2.33. The largest absolute Gasteiger partial charge is 0.481 e. The minimum absolute atomic E-state index is 0.0149. The van der Waals surface area contributed by atoms with Crippen LogP contribution in [0.15, 0.2) is 18.2 Å². The number of hydrogen-bond acceptors (Lipinski definition) is 3. The van der Waals surface area contributed by atoms with Gasteiger partial charge in [-0.2, -0.15) is 0 Å². The van der Waals surface area contributed by atoms with Crippen LogP contribution in [0, 0.1) is 5.41 Å². The Bertz CT molecular complexity index is 656. The third-order valence-electron chi connectivity index (χ3n) is 3.62. The summed E-state index contributed by atoms with van der Waals surface area (Å²) < 4.78 is 26.0. The van der Waals surface area contributed by atoms with Crippen LogP contribution >= 0.6 is 23.2 Å². The molecule has 1 aromatic rings. The van der Waals surface area contributed by atoms with Crippen LogP contribution in [0.1, 0.15) is 18.9 Å². The van der Waals surface area contributed by atoms with Gasteiger partial charge >= 0.3 is 5.97 Å². The third-order valence-corrected chi connectivity index (χ3v) is 5.85. The van der Waals surface area contributed by atoms with Crippen molar-refractivity contribution in [1.29, 1.82) is 0 Å². The van der Waals surface area contributed by atoms with E-state index in [9.17, 15) is 13.2 Å². The molecule has 1 saturated heterocycles. The highest BCUT2D eigenvalue weighted by molar-refractivity contribution is 7.88. The number of hydrogen-bond donors (Lipinski definition) is 1. The van der Waals surface area contributed by atoms with Crippen LogP contribution in [0.5, 0.6) is 0 Å². The first-order chi connectivity index (χ1) is 9.62. The highest BCUT2D eigenvalue weighted by Gasteiger charge is 2.44. The first-order valence-electron chi connectivity index (χ1n) is 6.29. The fourth-order valence-corrected chi connectivity index (χ4v) is 4.52. The molecule has 21 heavy (non-hydrogen) atoms. The monoisotopic (exact) mass is 351 g/mol. The maximum absolute atomic E-state index is 12.4. The van der Waals surface area contributed by atoms with Gasteiger partial charge in [0.2, 0.25) is 10.0 Å². The molecular formula is C13H15Cl2NO4S. The molecule has 0 amide bonds. The Kier molecular flexibility index (Phi) is 4.54. The summed E-state index contributed by atoms with van der Waals surface area (Å²) >= 11 is 11.7. The van der Waals surface area contributed by atoms with E-state index < -0.39 is 21.4 Å². The number of carboxylic acids is 1. The first-order valence-corrected chi connectivity index (χ1v) is 8.65. The molecular weight excluding hydrogens is 337 g/mol. The first kappa shape index (κ1) is 16.5. The summed E-state index contributed by atoms with van der Waals surface area (Å²) in [5.41, 5.74) is -0.546. The summed E-state index contributed by atoms with van der Waals surface area (Å²) in [6.45, 7) is 1.75. The average Bonchev–Trinajstić information content (AvgIpc) is 2.72. The van der Waals surface area contributed by atoms with E-state index in [1.54, 1.807) is 6.92 Å². The Hall–Kier alpha value is -0.820. The standard InChI is InChI=1S/C13H15Cl2NO4S/c1-13(12(17)18)2-3-16(8-13)21(19,20)7-9-4-10(14)6-11(15)5-9/h4-6H,2-3,7-8H2,1H3,(H,17,18). The quantitative estimate of drug-likeness (QED) is 0.904. The number of aliphatic carboxylic acids is 1. The van der Waals surface area contributed by atoms with Crippen LogP contribution in [0.2, 0.25) is 10.0 Å². The maximum Gasteiger partial charge on any atom is 0.310 e. The van der Waals surface area contributed by atoms with Gasteiger partial charge in [0.15, 0.2) is 0 Å². The molecule has 2 rings (SSSR count). The van der Waals surface area contributed by atoms with Crippen LogP contribution in [0.25, 0.3) is 0 Å². The van der Waals surface area contributed by atoms with E-state index >= 15 is 0 Å². The number of nitrogens with zero attached hydrogens (tertiary/aromatic N) is 1. The number of benzene rings is 1. The molecule has 1 heterocycles. The van der Waals surface area contributed by atoms with E-state index in [0.29, 0.717) is 22.0 Å². The summed E-state index contributed by atoms with van der Waals surface area (Å²) in [6.07, 6.45) is 0.303. The van der Waals surface area contributed by atoms with Gasteiger partial charge in [-0.3, -0.25) is 4.79 Å². The van der Waals surface area contributed by atoms with Gasteiger partial charge in [-0.15, -0.1) is 0 Å². The summed E-state index contributed by atoms with van der Waals surface area (Å²) in [7, 11) is -3.60. The molecule has 116 valence electrons. The van der Waals surface area contributed by atoms with Crippen LogP contribution in [0.4, 0.5) is 0 Å². The zero-order chi connectivity index (χ0) is 15.8. The fourth-order valence-electron chi connectivity index (χ4n) is 2.33. The normalized spacial score (nSPS) is 23.4. The number of carbonyl (C=O) groups is 1. The molecule has 1 atom stereocenters. The SMILES string of the molecule is CC1(C(=O)O)CCN(S(=O)(=O)Cc2cc(Cl)cc(Cl)c2)C1. The second-order valence-electron chi connectivity index (χ2n) is 5.48. The molecule has 0 saturated carbocycles. The Morgan fingerprint density at radius 3 is 2.38 bits per heavy atom. The average molecular weight is 352 g/mol. The second kappa shape index (κ2) is 5.76. The van der Waals surface area contributed by atoms with Crippen molar-refractivity contribution in [2.75, 3.05) is 13.1 Å². The van der Waals surface area contributed by atoms with Crippen LogP contribution in [-0.4, -0.2) is 36.9 Å². The molecule has 5 nitrogen and oxygen atoms in total. The number of rotatable bonds is 4. The van der Waals surface area contributed by atoms with Crippen molar-refractivity contribution in [3.8, 4) is 0 Å². The summed E-state index contributed by atoms with van der Waals surface area (Å²) in [5, 5.41) is 9.89. The van der Waals surface area contributed by atoms with E-state index in [1.807, 2.05) is 0 Å². The second-order valence-corrected chi connectivity index (χ2v) is 8.33. The van der Waals surface area contributed by atoms with Gasteiger partial charge in [0, 0.05) is 23.1 Å². The highest BCUT2D eigenvalue weighted by atomic mass is 35.5. The zero-order valence-corrected chi connectivity index (χ0v) is 13.7. The molecule has 8 heteroatoms. The summed E-state index contributed by atoms with van der Waals surface area (Å²) in [6, 6.07) is 4.60. The van der Waals surface area contributed by atoms with Crippen molar-refractivity contribution < 1.29 is 18.3 Å². The van der Waals surface area contributed by atoms with Gasteiger partial charge in [0.05, 0.1) is 11.2 Å².